The van der Waals surface area contributed by atoms with Gasteiger partial charge in [-0.05, 0) is 30.2 Å². The van der Waals surface area contributed by atoms with Crippen LogP contribution in [0.2, 0.25) is 0 Å². The molecule has 5 nitrogen and oxygen atoms in total. The number of carbonyl (C=O) groups is 1. The van der Waals surface area contributed by atoms with Gasteiger partial charge in [-0.25, -0.2) is 0 Å². The van der Waals surface area contributed by atoms with Crippen LogP contribution in [0, 0.1) is 6.92 Å². The number of hydrogen-bond donors (Lipinski definition) is 0. The monoisotopic (exact) mass is 381 g/mol. The van der Waals surface area contributed by atoms with Crippen LogP contribution in [0.15, 0.2) is 48.5 Å². The molecule has 1 aliphatic rings. The average Bonchev–Trinajstić information content (AvgIpc) is 2.71. The first-order valence-corrected chi connectivity index (χ1v) is 9.90. The number of benzene rings is 2. The van der Waals surface area contributed by atoms with E-state index in [1.807, 2.05) is 24.1 Å². The van der Waals surface area contributed by atoms with Crippen molar-refractivity contribution in [3.63, 3.8) is 0 Å². The van der Waals surface area contributed by atoms with Crippen LogP contribution in [0.4, 0.5) is 0 Å². The molecule has 1 amide bonds. The van der Waals surface area contributed by atoms with Crippen LogP contribution in [0.3, 0.4) is 0 Å². The number of carbonyl (C=O) groups excluding carboxylic acids is 1. The molecule has 0 aliphatic carbocycles. The van der Waals surface area contributed by atoms with E-state index in [0.717, 1.165) is 38.5 Å². The summed E-state index contributed by atoms with van der Waals surface area (Å²) in [5.41, 5.74) is 3.71. The number of piperazine rings is 1. The number of amides is 1. The largest absolute Gasteiger partial charge is 0.497 e. The second kappa shape index (κ2) is 9.71. The van der Waals surface area contributed by atoms with Crippen molar-refractivity contribution in [3.05, 3.63) is 65.2 Å². The molecule has 1 heterocycles. The fourth-order valence-corrected chi connectivity index (χ4v) is 3.46. The first kappa shape index (κ1) is 20.4. The number of hydrogen-bond acceptors (Lipinski definition) is 4. The van der Waals surface area contributed by atoms with Gasteiger partial charge in [0.15, 0.2) is 0 Å². The summed E-state index contributed by atoms with van der Waals surface area (Å²) in [5, 5.41) is 0. The second-order valence-corrected chi connectivity index (χ2v) is 7.64. The summed E-state index contributed by atoms with van der Waals surface area (Å²) < 4.78 is 5.22. The van der Waals surface area contributed by atoms with Crippen molar-refractivity contribution in [1.82, 2.24) is 14.7 Å². The molecule has 0 aromatic heterocycles. The van der Waals surface area contributed by atoms with Gasteiger partial charge in [-0.2, -0.15) is 0 Å². The summed E-state index contributed by atoms with van der Waals surface area (Å²) in [6, 6.07) is 16.6. The van der Waals surface area contributed by atoms with Gasteiger partial charge in [0, 0.05) is 46.3 Å². The summed E-state index contributed by atoms with van der Waals surface area (Å²) >= 11 is 0. The lowest BCUT2D eigenvalue weighted by atomic mass is 10.1. The second-order valence-electron chi connectivity index (χ2n) is 7.64. The molecule has 0 N–H and O–H groups in total. The Balaban J connectivity index is 1.41. The predicted octanol–water partition coefficient (Wildman–Crippen LogP) is 2.78. The molecule has 0 spiro atoms. The van der Waals surface area contributed by atoms with E-state index in [-0.39, 0.29) is 5.91 Å². The van der Waals surface area contributed by atoms with Crippen LogP contribution in [-0.2, 0) is 17.9 Å². The molecule has 28 heavy (non-hydrogen) atoms. The molecule has 0 saturated carbocycles. The molecule has 5 heteroatoms. The van der Waals surface area contributed by atoms with Gasteiger partial charge < -0.3 is 9.64 Å². The van der Waals surface area contributed by atoms with Crippen LogP contribution in [0.25, 0.3) is 0 Å². The Hall–Kier alpha value is -2.37. The summed E-state index contributed by atoms with van der Waals surface area (Å²) in [4.78, 5) is 19.1. The van der Waals surface area contributed by atoms with Gasteiger partial charge in [0.1, 0.15) is 5.75 Å². The molecule has 0 unspecified atom stereocenters. The molecular formula is C23H31N3O2. The summed E-state index contributed by atoms with van der Waals surface area (Å²) in [6.07, 6.45) is 0. The summed E-state index contributed by atoms with van der Waals surface area (Å²) in [5.74, 6) is 1.08. The molecular weight excluding hydrogens is 350 g/mol. The summed E-state index contributed by atoms with van der Waals surface area (Å²) in [7, 11) is 3.58. The highest BCUT2D eigenvalue weighted by Gasteiger charge is 2.20. The van der Waals surface area contributed by atoms with Crippen LogP contribution in [0.5, 0.6) is 5.75 Å². The molecule has 2 aromatic carbocycles. The number of aryl methyl sites for hydroxylation is 1. The minimum atomic E-state index is 0.184. The molecule has 0 atom stereocenters. The normalized spacial score (nSPS) is 15.4. The number of ether oxygens (including phenoxy) is 1. The Morgan fingerprint density at radius 1 is 0.929 bits per heavy atom. The third-order valence-electron chi connectivity index (χ3n) is 5.36. The zero-order chi connectivity index (χ0) is 19.9. The van der Waals surface area contributed by atoms with Gasteiger partial charge in [0.2, 0.25) is 5.91 Å². The third kappa shape index (κ3) is 5.81. The van der Waals surface area contributed by atoms with Gasteiger partial charge in [-0.15, -0.1) is 0 Å². The van der Waals surface area contributed by atoms with Gasteiger partial charge in [0.25, 0.3) is 0 Å². The van der Waals surface area contributed by atoms with Gasteiger partial charge >= 0.3 is 0 Å². The molecule has 3 rings (SSSR count). The quantitative estimate of drug-likeness (QED) is 0.739. The Morgan fingerprint density at radius 2 is 1.50 bits per heavy atom. The van der Waals surface area contributed by atoms with Crippen LogP contribution in [0.1, 0.15) is 16.7 Å². The Labute approximate surface area is 168 Å². The third-order valence-corrected chi connectivity index (χ3v) is 5.36. The zero-order valence-corrected chi connectivity index (χ0v) is 17.2. The number of rotatable bonds is 7. The highest BCUT2D eigenvalue weighted by molar-refractivity contribution is 5.78. The predicted molar refractivity (Wildman–Crippen MR) is 112 cm³/mol. The molecule has 1 aliphatic heterocycles. The van der Waals surface area contributed by atoms with E-state index in [2.05, 4.69) is 53.1 Å². The van der Waals surface area contributed by atoms with Crippen molar-refractivity contribution < 1.29 is 9.53 Å². The maximum atomic E-state index is 12.6. The highest BCUT2D eigenvalue weighted by atomic mass is 16.5. The Bertz CT molecular complexity index is 750. The first-order chi connectivity index (χ1) is 13.5. The molecule has 0 bridgehead atoms. The van der Waals surface area contributed by atoms with E-state index in [1.54, 1.807) is 7.11 Å². The SMILES string of the molecule is COc1ccc(CN2CCN(CC(=O)N(C)Cc3ccc(C)cc3)CC2)cc1. The van der Waals surface area contributed by atoms with Crippen molar-refractivity contribution in [2.24, 2.45) is 0 Å². The van der Waals surface area contributed by atoms with E-state index < -0.39 is 0 Å². The zero-order valence-electron chi connectivity index (χ0n) is 17.2. The lowest BCUT2D eigenvalue weighted by Gasteiger charge is -2.35. The first-order valence-electron chi connectivity index (χ1n) is 9.90. The maximum absolute atomic E-state index is 12.6. The summed E-state index contributed by atoms with van der Waals surface area (Å²) in [6.45, 7) is 8.02. The maximum Gasteiger partial charge on any atom is 0.236 e. The van der Waals surface area contributed by atoms with Gasteiger partial charge in [-0.3, -0.25) is 14.6 Å². The minimum Gasteiger partial charge on any atom is -0.497 e. The van der Waals surface area contributed by atoms with Crippen LogP contribution in [-0.4, -0.2) is 67.5 Å². The van der Waals surface area contributed by atoms with E-state index in [1.165, 1.54) is 16.7 Å². The Morgan fingerprint density at radius 3 is 2.11 bits per heavy atom. The highest BCUT2D eigenvalue weighted by Crippen LogP contribution is 2.14. The Kier molecular flexibility index (Phi) is 7.06. The molecule has 0 radical (unpaired) electrons. The van der Waals surface area contributed by atoms with Crippen molar-refractivity contribution in [2.45, 2.75) is 20.0 Å². The molecule has 2 aromatic rings. The molecule has 150 valence electrons. The van der Waals surface area contributed by atoms with Crippen molar-refractivity contribution >= 4 is 5.91 Å². The fourth-order valence-electron chi connectivity index (χ4n) is 3.46. The average molecular weight is 382 g/mol. The van der Waals surface area contributed by atoms with E-state index in [4.69, 9.17) is 4.74 Å². The fraction of sp³-hybridized carbons (Fsp3) is 0.435. The molecule has 1 fully saturated rings. The van der Waals surface area contributed by atoms with Crippen molar-refractivity contribution in [1.29, 1.82) is 0 Å². The topological polar surface area (TPSA) is 36.0 Å². The number of nitrogens with zero attached hydrogens (tertiary/aromatic N) is 3. The molecule has 1 saturated heterocycles. The van der Waals surface area contributed by atoms with E-state index >= 15 is 0 Å². The van der Waals surface area contributed by atoms with Crippen molar-refractivity contribution in [2.75, 3.05) is 46.9 Å². The van der Waals surface area contributed by atoms with Crippen LogP contribution < -0.4 is 4.74 Å². The smallest absolute Gasteiger partial charge is 0.236 e. The van der Waals surface area contributed by atoms with E-state index in [0.29, 0.717) is 13.1 Å². The number of likely N-dealkylation sites (N-methyl/N-ethyl adjacent to an activating group) is 1. The van der Waals surface area contributed by atoms with Gasteiger partial charge in [-0.1, -0.05) is 42.0 Å². The minimum absolute atomic E-state index is 0.184. The number of methoxy groups -OCH3 is 1. The van der Waals surface area contributed by atoms with E-state index in [9.17, 15) is 4.79 Å². The van der Waals surface area contributed by atoms with Gasteiger partial charge in [0.05, 0.1) is 13.7 Å². The lowest BCUT2D eigenvalue weighted by molar-refractivity contribution is -0.132. The standard InChI is InChI=1S/C23H31N3O2/c1-19-4-6-20(7-5-19)16-24(2)23(27)18-26-14-12-25(13-15-26)17-21-8-10-22(28-3)11-9-21/h4-11H,12-18H2,1-3H3. The lowest BCUT2D eigenvalue weighted by Crippen LogP contribution is -2.49. The van der Waals surface area contributed by atoms with Crippen molar-refractivity contribution in [3.8, 4) is 5.75 Å². The van der Waals surface area contributed by atoms with Crippen LogP contribution >= 0.6 is 0 Å².